The minimum atomic E-state index is -0.766. The third-order valence-corrected chi connectivity index (χ3v) is 7.72. The quantitative estimate of drug-likeness (QED) is 0.474. The molecule has 4 heterocycles. The van der Waals surface area contributed by atoms with Crippen molar-refractivity contribution in [3.63, 3.8) is 0 Å². The summed E-state index contributed by atoms with van der Waals surface area (Å²) in [6, 6.07) is 10.5. The van der Waals surface area contributed by atoms with Crippen molar-refractivity contribution in [3.05, 3.63) is 60.4 Å². The monoisotopic (exact) mass is 545 g/mol. The number of rotatable bonds is 5. The van der Waals surface area contributed by atoms with E-state index in [2.05, 4.69) is 21.4 Å². The Balaban J connectivity index is 1.13. The molecule has 2 aliphatic heterocycles. The molecule has 3 aromatic rings. The van der Waals surface area contributed by atoms with Crippen LogP contribution in [0.4, 0.5) is 19.7 Å². The summed E-state index contributed by atoms with van der Waals surface area (Å²) in [4.78, 5) is 32.4. The van der Waals surface area contributed by atoms with Gasteiger partial charge in [0.1, 0.15) is 22.9 Å². The van der Waals surface area contributed by atoms with Crippen LogP contribution >= 0.6 is 0 Å². The van der Waals surface area contributed by atoms with Gasteiger partial charge in [0, 0.05) is 48.4 Å². The molecule has 0 radical (unpaired) electrons. The molecular weight excluding hydrogens is 517 g/mol. The van der Waals surface area contributed by atoms with E-state index in [1.807, 2.05) is 20.8 Å². The molecule has 1 aliphatic carbocycles. The van der Waals surface area contributed by atoms with E-state index in [9.17, 15) is 14.9 Å². The molecular formula is C28H28FN7O4. The van der Waals surface area contributed by atoms with Crippen molar-refractivity contribution in [3.8, 4) is 17.2 Å². The molecule has 2 saturated heterocycles. The number of cyclic esters (lactones) is 1. The molecule has 4 atom stereocenters. The fourth-order valence-corrected chi connectivity index (χ4v) is 5.78. The zero-order valence-corrected chi connectivity index (χ0v) is 22.3. The predicted octanol–water partition coefficient (Wildman–Crippen LogP) is 3.76. The van der Waals surface area contributed by atoms with Gasteiger partial charge in [-0.15, -0.1) is 5.10 Å². The van der Waals surface area contributed by atoms with Crippen LogP contribution in [0.15, 0.2) is 48.9 Å². The Morgan fingerprint density at radius 1 is 1.23 bits per heavy atom. The molecule has 0 bridgehead atoms. The first-order valence-electron chi connectivity index (χ1n) is 13.1. The van der Waals surface area contributed by atoms with Crippen molar-refractivity contribution < 1.29 is 23.5 Å². The lowest BCUT2D eigenvalue weighted by atomic mass is 9.95. The smallest absolute Gasteiger partial charge is 0.414 e. The number of ether oxygens (including phenoxy) is 2. The zero-order valence-electron chi connectivity index (χ0n) is 22.3. The summed E-state index contributed by atoms with van der Waals surface area (Å²) in [6.45, 7) is 6.95. The van der Waals surface area contributed by atoms with Crippen LogP contribution in [0, 0.1) is 29.0 Å². The largest absolute Gasteiger partial charge is 0.444 e. The predicted molar refractivity (Wildman–Crippen MR) is 139 cm³/mol. The number of amides is 2. The molecule has 2 amide bonds. The van der Waals surface area contributed by atoms with Gasteiger partial charge in [0.2, 0.25) is 0 Å². The number of hydrogen-bond donors (Lipinski definition) is 0. The summed E-state index contributed by atoms with van der Waals surface area (Å²) in [5.41, 5.74) is 0.536. The highest BCUT2D eigenvalue weighted by Gasteiger charge is 2.71. The van der Waals surface area contributed by atoms with Gasteiger partial charge in [0.25, 0.3) is 0 Å². The van der Waals surface area contributed by atoms with Crippen LogP contribution in [-0.2, 0) is 21.4 Å². The van der Waals surface area contributed by atoms with Crippen molar-refractivity contribution in [1.29, 1.82) is 5.26 Å². The van der Waals surface area contributed by atoms with Crippen molar-refractivity contribution in [2.24, 2.45) is 11.8 Å². The molecule has 0 N–H and O–H groups in total. The highest BCUT2D eigenvalue weighted by molar-refractivity contribution is 5.90. The molecule has 6 rings (SSSR count). The summed E-state index contributed by atoms with van der Waals surface area (Å²) < 4.78 is 27.7. The van der Waals surface area contributed by atoms with E-state index in [4.69, 9.17) is 9.47 Å². The Hall–Kier alpha value is -4.53. The number of nitriles is 1. The molecule has 1 saturated carbocycles. The zero-order chi connectivity index (χ0) is 28.2. The first-order chi connectivity index (χ1) is 19.1. The lowest BCUT2D eigenvalue weighted by Crippen LogP contribution is -2.39. The van der Waals surface area contributed by atoms with Crippen molar-refractivity contribution in [2.45, 2.75) is 44.4 Å². The van der Waals surface area contributed by atoms with E-state index >= 15 is 4.39 Å². The second-order valence-electron chi connectivity index (χ2n) is 11.4. The van der Waals surface area contributed by atoms with Gasteiger partial charge in [-0.2, -0.15) is 5.26 Å². The number of nitrogens with zero attached hydrogens (tertiary/aromatic N) is 7. The SMILES string of the molecule is CC(C)(C)OC(=O)N1C[C@@H]2[C@H](C1)[C@@]2(C#N)c1ccc(-c2ccc(N3C[C@H](Cn4ccnn4)OC3=O)cc2F)cn1. The lowest BCUT2D eigenvalue weighted by Gasteiger charge is -2.27. The third-order valence-electron chi connectivity index (χ3n) is 7.72. The number of anilines is 1. The summed E-state index contributed by atoms with van der Waals surface area (Å²) in [7, 11) is 0. The Labute approximate surface area is 230 Å². The van der Waals surface area contributed by atoms with Crippen molar-refractivity contribution in [2.75, 3.05) is 24.5 Å². The topological polar surface area (TPSA) is 126 Å². The van der Waals surface area contributed by atoms with Crippen LogP contribution in [0.1, 0.15) is 26.5 Å². The fourth-order valence-electron chi connectivity index (χ4n) is 5.78. The van der Waals surface area contributed by atoms with Gasteiger partial charge in [0.15, 0.2) is 0 Å². The van der Waals surface area contributed by atoms with Crippen LogP contribution < -0.4 is 4.90 Å². The average molecular weight is 546 g/mol. The Kier molecular flexibility index (Phi) is 5.98. The number of aromatic nitrogens is 4. The van der Waals surface area contributed by atoms with E-state index in [1.54, 1.807) is 52.4 Å². The van der Waals surface area contributed by atoms with Gasteiger partial charge in [-0.05, 0) is 45.0 Å². The first-order valence-corrected chi connectivity index (χ1v) is 13.1. The van der Waals surface area contributed by atoms with E-state index in [1.165, 1.54) is 11.0 Å². The van der Waals surface area contributed by atoms with E-state index in [-0.39, 0.29) is 24.5 Å². The number of likely N-dealkylation sites (tertiary alicyclic amines) is 1. The number of piperidine rings is 1. The standard InChI is InChI=1S/C28H28FN7O4/c1-27(2,3)40-25(37)34-14-21-22(15-34)28(21,16-30)24-7-4-17(11-31-24)20-6-5-18(10-23(20)29)36-13-19(39-26(36)38)12-35-9-8-32-33-35/h4-11,19,21-22H,12-15H2,1-3H3/t19-,21-,22+,28+/m0/s1. The second kappa shape index (κ2) is 9.29. The minimum Gasteiger partial charge on any atom is -0.444 e. The molecule has 206 valence electrons. The summed E-state index contributed by atoms with van der Waals surface area (Å²) in [6.07, 6.45) is 3.42. The Morgan fingerprint density at radius 2 is 2.00 bits per heavy atom. The number of halogens is 1. The number of benzene rings is 1. The molecule has 2 aromatic heterocycles. The van der Waals surface area contributed by atoms with Crippen LogP contribution in [0.3, 0.4) is 0 Å². The van der Waals surface area contributed by atoms with Gasteiger partial charge < -0.3 is 14.4 Å². The van der Waals surface area contributed by atoms with Gasteiger partial charge in [-0.3, -0.25) is 9.88 Å². The number of carbonyl (C=O) groups excluding carboxylic acids is 2. The van der Waals surface area contributed by atoms with E-state index in [0.717, 1.165) is 0 Å². The Morgan fingerprint density at radius 3 is 2.60 bits per heavy atom. The summed E-state index contributed by atoms with van der Waals surface area (Å²) in [5, 5.41) is 17.7. The molecule has 0 spiro atoms. The summed E-state index contributed by atoms with van der Waals surface area (Å²) >= 11 is 0. The van der Waals surface area contributed by atoms with Crippen LogP contribution in [0.2, 0.25) is 0 Å². The van der Waals surface area contributed by atoms with Crippen LogP contribution in [0.25, 0.3) is 11.1 Å². The highest BCUT2D eigenvalue weighted by Crippen LogP contribution is 2.62. The number of fused-ring (bicyclic) bond motifs is 1. The fraction of sp³-hybridized carbons (Fsp3) is 0.429. The maximum Gasteiger partial charge on any atom is 0.414 e. The molecule has 3 fully saturated rings. The molecule has 0 unspecified atom stereocenters. The molecule has 40 heavy (non-hydrogen) atoms. The highest BCUT2D eigenvalue weighted by atomic mass is 19.1. The number of carbonyl (C=O) groups is 2. The summed E-state index contributed by atoms with van der Waals surface area (Å²) in [5.74, 6) is -0.549. The van der Waals surface area contributed by atoms with Gasteiger partial charge >= 0.3 is 12.2 Å². The number of pyridine rings is 1. The van der Waals surface area contributed by atoms with Gasteiger partial charge in [0.05, 0.1) is 36.7 Å². The number of hydrogen-bond acceptors (Lipinski definition) is 8. The molecule has 11 nitrogen and oxygen atoms in total. The lowest BCUT2D eigenvalue weighted by molar-refractivity contribution is 0.0265. The maximum absolute atomic E-state index is 15.2. The van der Waals surface area contributed by atoms with Crippen LogP contribution in [-0.4, -0.2) is 68.4 Å². The molecule has 12 heteroatoms. The minimum absolute atomic E-state index is 0.0204. The Bertz CT molecular complexity index is 1480. The van der Waals surface area contributed by atoms with Crippen molar-refractivity contribution in [1.82, 2.24) is 24.9 Å². The second-order valence-corrected chi connectivity index (χ2v) is 11.4. The molecule has 1 aromatic carbocycles. The van der Waals surface area contributed by atoms with E-state index < -0.39 is 29.0 Å². The molecule has 3 aliphatic rings. The van der Waals surface area contributed by atoms with Gasteiger partial charge in [-0.1, -0.05) is 11.3 Å². The maximum atomic E-state index is 15.2. The van der Waals surface area contributed by atoms with Crippen LogP contribution in [0.5, 0.6) is 0 Å². The normalized spacial score (nSPS) is 25.4. The van der Waals surface area contributed by atoms with Gasteiger partial charge in [-0.25, -0.2) is 18.7 Å². The van der Waals surface area contributed by atoms with Crippen molar-refractivity contribution >= 4 is 17.9 Å². The average Bonchev–Trinajstić information content (AvgIpc) is 3.41. The van der Waals surface area contributed by atoms with E-state index in [0.29, 0.717) is 42.1 Å². The first kappa shape index (κ1) is 25.7. The third kappa shape index (κ3) is 4.41.